The van der Waals surface area contributed by atoms with Crippen LogP contribution in [-0.4, -0.2) is 0 Å². The van der Waals surface area contributed by atoms with Gasteiger partial charge in [0.25, 0.3) is 0 Å². The van der Waals surface area contributed by atoms with Crippen molar-refractivity contribution in [2.75, 3.05) is 11.5 Å². The maximum atomic E-state index is 13.8. The summed E-state index contributed by atoms with van der Waals surface area (Å²) in [6.07, 6.45) is -9.52. The van der Waals surface area contributed by atoms with Gasteiger partial charge in [0.15, 0.2) is 0 Å². The fourth-order valence-corrected chi connectivity index (χ4v) is 6.14. The van der Waals surface area contributed by atoms with Crippen molar-refractivity contribution < 1.29 is 26.3 Å². The quantitative estimate of drug-likeness (QED) is 0.172. The van der Waals surface area contributed by atoms with Crippen LogP contribution >= 0.6 is 58.2 Å². The minimum Gasteiger partial charge on any atom is -0.399 e. The van der Waals surface area contributed by atoms with Gasteiger partial charge in [-0.1, -0.05) is 70.3 Å². The molecule has 0 heterocycles. The van der Waals surface area contributed by atoms with Gasteiger partial charge in [-0.2, -0.15) is 26.3 Å². The van der Waals surface area contributed by atoms with Crippen LogP contribution in [0.3, 0.4) is 0 Å². The van der Waals surface area contributed by atoms with Gasteiger partial charge in [-0.25, -0.2) is 0 Å². The lowest BCUT2D eigenvalue weighted by Gasteiger charge is -2.19. The van der Waals surface area contributed by atoms with E-state index in [2.05, 4.69) is 0 Å². The summed E-state index contributed by atoms with van der Waals surface area (Å²) in [6.45, 7) is 0. The number of hydrogen-bond acceptors (Lipinski definition) is 3. The van der Waals surface area contributed by atoms with Crippen LogP contribution in [0.25, 0.3) is 22.3 Å². The van der Waals surface area contributed by atoms with Crippen LogP contribution in [-0.2, 0) is 12.4 Å². The molecule has 0 radical (unpaired) electrons. The molecule has 0 aromatic heterocycles. The zero-order valence-corrected chi connectivity index (χ0v) is 23.0. The Morgan fingerprint density at radius 3 is 1.23 bits per heavy atom. The number of anilines is 2. The van der Waals surface area contributed by atoms with Crippen molar-refractivity contribution in [1.82, 2.24) is 0 Å². The van der Waals surface area contributed by atoms with E-state index in [1.54, 1.807) is 0 Å². The van der Waals surface area contributed by atoms with Crippen LogP contribution in [0, 0.1) is 0 Å². The van der Waals surface area contributed by atoms with Gasteiger partial charge in [-0.05, 0) is 59.7 Å². The molecule has 13 heteroatoms. The molecule has 0 spiro atoms. The van der Waals surface area contributed by atoms with Crippen molar-refractivity contribution in [1.29, 1.82) is 0 Å². The van der Waals surface area contributed by atoms with Crippen LogP contribution in [0.1, 0.15) is 11.1 Å². The van der Waals surface area contributed by atoms with E-state index in [4.69, 9.17) is 57.9 Å². The summed E-state index contributed by atoms with van der Waals surface area (Å²) in [5.74, 6) is 0. The van der Waals surface area contributed by atoms with Crippen LogP contribution < -0.4 is 11.5 Å². The number of hydrogen-bond donors (Lipinski definition) is 2. The molecular weight excluding hydrogens is 628 g/mol. The Kier molecular flexibility index (Phi) is 8.23. The summed E-state index contributed by atoms with van der Waals surface area (Å²) in [6, 6.07) is 12.1. The van der Waals surface area contributed by atoms with Gasteiger partial charge in [0.1, 0.15) is 0 Å². The summed E-state index contributed by atoms with van der Waals surface area (Å²) < 4.78 is 82.8. The molecule has 0 fully saturated rings. The fraction of sp³-hybridized carbons (Fsp3) is 0.0769. The third-order valence-corrected chi connectivity index (χ3v) is 8.33. The lowest BCUT2D eigenvalue weighted by Crippen LogP contribution is -2.08. The highest BCUT2D eigenvalue weighted by molar-refractivity contribution is 7.99. The van der Waals surface area contributed by atoms with Gasteiger partial charge in [0.2, 0.25) is 0 Å². The average Bonchev–Trinajstić information content (AvgIpc) is 2.83. The predicted octanol–water partition coefficient (Wildman–Crippen LogP) is 11.0. The normalized spacial score (nSPS) is 12.2. The first-order valence-electron chi connectivity index (χ1n) is 10.7. The molecule has 4 N–H and O–H groups in total. The smallest absolute Gasteiger partial charge is 0.399 e. The topological polar surface area (TPSA) is 52.0 Å². The molecule has 0 atom stereocenters. The third kappa shape index (κ3) is 6.02. The molecule has 39 heavy (non-hydrogen) atoms. The number of rotatable bonds is 4. The highest BCUT2D eigenvalue weighted by Gasteiger charge is 2.36. The minimum atomic E-state index is -4.76. The molecule has 4 aromatic carbocycles. The van der Waals surface area contributed by atoms with Gasteiger partial charge in [-0.15, -0.1) is 0 Å². The zero-order valence-electron chi connectivity index (χ0n) is 19.1. The molecule has 0 saturated heterocycles. The molecule has 4 rings (SSSR count). The molecule has 0 aliphatic heterocycles. The van der Waals surface area contributed by atoms with Crippen molar-refractivity contribution >= 4 is 69.5 Å². The molecule has 4 aromatic rings. The largest absolute Gasteiger partial charge is 0.417 e. The van der Waals surface area contributed by atoms with Gasteiger partial charge in [0.05, 0.1) is 21.2 Å². The molecule has 0 aliphatic carbocycles. The molecule has 0 unspecified atom stereocenters. The molecule has 0 aliphatic rings. The van der Waals surface area contributed by atoms with Crippen LogP contribution in [0.2, 0.25) is 20.1 Å². The standard InChI is InChI=1S/C26H14Cl4F6N2S/c27-17-5-7-19(23(29)21(17)13-3-1-11(37)9-15(13)25(31,32)33)39-20-8-6-18(28)22(24(20)30)14-4-2-12(38)10-16(14)26(34,35)36/h1-10H,37-38H2. The number of benzene rings is 4. The molecule has 0 amide bonds. The first-order valence-corrected chi connectivity index (χ1v) is 13.0. The Bertz CT molecular complexity index is 1470. The number of halogens is 10. The van der Waals surface area contributed by atoms with E-state index >= 15 is 0 Å². The van der Waals surface area contributed by atoms with Crippen LogP contribution in [0.5, 0.6) is 0 Å². The molecule has 204 valence electrons. The third-order valence-electron chi connectivity index (χ3n) is 5.57. The second-order valence-corrected chi connectivity index (χ2v) is 10.8. The average molecular weight is 642 g/mol. The summed E-state index contributed by atoms with van der Waals surface area (Å²) in [5, 5.41) is -0.365. The monoisotopic (exact) mass is 640 g/mol. The molecule has 0 bridgehead atoms. The Balaban J connectivity index is 1.86. The second-order valence-electron chi connectivity index (χ2n) is 8.18. The van der Waals surface area contributed by atoms with Gasteiger partial charge in [0, 0.05) is 42.3 Å². The van der Waals surface area contributed by atoms with Crippen molar-refractivity contribution in [2.24, 2.45) is 0 Å². The first kappa shape index (κ1) is 29.6. The van der Waals surface area contributed by atoms with Crippen molar-refractivity contribution in [2.45, 2.75) is 22.1 Å². The van der Waals surface area contributed by atoms with E-state index in [1.165, 1.54) is 36.4 Å². The summed E-state index contributed by atoms with van der Waals surface area (Å²) in [4.78, 5) is 0.481. The maximum Gasteiger partial charge on any atom is 0.417 e. The van der Waals surface area contributed by atoms with Crippen LogP contribution in [0.15, 0.2) is 70.5 Å². The van der Waals surface area contributed by atoms with Crippen LogP contribution in [0.4, 0.5) is 37.7 Å². The number of nitrogens with two attached hydrogens (primary N) is 2. The highest BCUT2D eigenvalue weighted by Crippen LogP contribution is 2.50. The van der Waals surface area contributed by atoms with E-state index < -0.39 is 23.5 Å². The lowest BCUT2D eigenvalue weighted by molar-refractivity contribution is -0.137. The SMILES string of the molecule is Nc1ccc(-c2c(Cl)ccc(Sc3ccc(Cl)c(-c4ccc(N)cc4C(F)(F)F)c3Cl)c2Cl)c(C(F)(F)F)c1. The minimum absolute atomic E-state index is 0.0563. The lowest BCUT2D eigenvalue weighted by atomic mass is 9.98. The van der Waals surface area contributed by atoms with E-state index in [9.17, 15) is 26.3 Å². The molecule has 2 nitrogen and oxygen atoms in total. The van der Waals surface area contributed by atoms with Crippen molar-refractivity contribution in [3.63, 3.8) is 0 Å². The van der Waals surface area contributed by atoms with Gasteiger partial charge < -0.3 is 11.5 Å². The predicted molar refractivity (Wildman–Crippen MR) is 147 cm³/mol. The Labute approximate surface area is 242 Å². The molecular formula is C26H14Cl4F6N2S. The second kappa shape index (κ2) is 10.9. The van der Waals surface area contributed by atoms with Crippen molar-refractivity contribution in [3.8, 4) is 22.3 Å². The summed E-state index contributed by atoms with van der Waals surface area (Å²) in [5.41, 5.74) is 8.07. The van der Waals surface area contributed by atoms with Gasteiger partial charge >= 0.3 is 12.4 Å². The first-order chi connectivity index (χ1) is 18.1. The summed E-state index contributed by atoms with van der Waals surface area (Å²) >= 11 is 26.6. The summed E-state index contributed by atoms with van der Waals surface area (Å²) in [7, 11) is 0. The van der Waals surface area contributed by atoms with E-state index in [1.807, 2.05) is 0 Å². The molecule has 0 saturated carbocycles. The van der Waals surface area contributed by atoms with Crippen molar-refractivity contribution in [3.05, 3.63) is 91.9 Å². The highest BCUT2D eigenvalue weighted by atomic mass is 35.5. The Morgan fingerprint density at radius 1 is 0.538 bits per heavy atom. The van der Waals surface area contributed by atoms with E-state index in [0.717, 1.165) is 36.0 Å². The maximum absolute atomic E-state index is 13.8. The van der Waals surface area contributed by atoms with E-state index in [-0.39, 0.29) is 63.5 Å². The zero-order chi connectivity index (χ0) is 28.9. The fourth-order valence-electron chi connectivity index (χ4n) is 3.87. The Hall–Kier alpha value is -2.43. The number of nitrogen functional groups attached to an aromatic ring is 2. The van der Waals surface area contributed by atoms with E-state index in [0.29, 0.717) is 0 Å². The van der Waals surface area contributed by atoms with Gasteiger partial charge in [-0.3, -0.25) is 0 Å². The Morgan fingerprint density at radius 2 is 0.897 bits per heavy atom. The number of alkyl halides is 6.